The molecule has 0 heterocycles. The molecule has 94 valence electrons. The summed E-state index contributed by atoms with van der Waals surface area (Å²) in [6.07, 6.45) is 1.10. The summed E-state index contributed by atoms with van der Waals surface area (Å²) in [7, 11) is 0. The minimum Gasteiger partial charge on any atom is -0.313 e. The molecule has 0 aliphatic heterocycles. The zero-order valence-electron chi connectivity index (χ0n) is 11.2. The Bertz CT molecular complexity index is 485. The van der Waals surface area contributed by atoms with Gasteiger partial charge in [0.15, 0.2) is 0 Å². The van der Waals surface area contributed by atoms with Crippen molar-refractivity contribution in [3.63, 3.8) is 0 Å². The fourth-order valence-electron chi connectivity index (χ4n) is 2.06. The van der Waals surface area contributed by atoms with Crippen molar-refractivity contribution in [2.45, 2.75) is 26.8 Å². The van der Waals surface area contributed by atoms with Gasteiger partial charge in [-0.05, 0) is 41.3 Å². The first-order valence-electron chi connectivity index (χ1n) is 6.72. The van der Waals surface area contributed by atoms with Gasteiger partial charge in [0.05, 0.1) is 0 Å². The van der Waals surface area contributed by atoms with Gasteiger partial charge in [-0.15, -0.1) is 0 Å². The zero-order chi connectivity index (χ0) is 12.8. The highest BCUT2D eigenvalue weighted by Crippen LogP contribution is 2.21. The molecule has 1 heteroatoms. The van der Waals surface area contributed by atoms with Crippen LogP contribution in [0.5, 0.6) is 0 Å². The van der Waals surface area contributed by atoms with Gasteiger partial charge in [0, 0.05) is 6.54 Å². The molecule has 0 saturated heterocycles. The topological polar surface area (TPSA) is 12.0 Å². The van der Waals surface area contributed by atoms with Gasteiger partial charge in [-0.2, -0.15) is 0 Å². The van der Waals surface area contributed by atoms with Gasteiger partial charge in [0.1, 0.15) is 0 Å². The van der Waals surface area contributed by atoms with Crippen LogP contribution in [0.4, 0.5) is 0 Å². The number of hydrogen-bond donors (Lipinski definition) is 1. The van der Waals surface area contributed by atoms with Gasteiger partial charge in [-0.25, -0.2) is 0 Å². The molecule has 2 rings (SSSR count). The van der Waals surface area contributed by atoms with Crippen molar-refractivity contribution in [3.8, 4) is 11.1 Å². The first-order chi connectivity index (χ1) is 8.83. The Kier molecular flexibility index (Phi) is 4.54. The SMILES string of the molecule is CCNCc1cccc(-c2ccc(CC)cc2)c1. The molecule has 0 atom stereocenters. The molecule has 0 bridgehead atoms. The van der Waals surface area contributed by atoms with Gasteiger partial charge >= 0.3 is 0 Å². The summed E-state index contributed by atoms with van der Waals surface area (Å²) in [4.78, 5) is 0. The smallest absolute Gasteiger partial charge is 0.0205 e. The second kappa shape index (κ2) is 6.36. The van der Waals surface area contributed by atoms with Crippen LogP contribution in [0.15, 0.2) is 48.5 Å². The van der Waals surface area contributed by atoms with Gasteiger partial charge < -0.3 is 5.32 Å². The fourth-order valence-corrected chi connectivity index (χ4v) is 2.06. The summed E-state index contributed by atoms with van der Waals surface area (Å²) in [5.74, 6) is 0. The molecule has 18 heavy (non-hydrogen) atoms. The van der Waals surface area contributed by atoms with Gasteiger partial charge in [0.25, 0.3) is 0 Å². The van der Waals surface area contributed by atoms with Crippen LogP contribution in [0.2, 0.25) is 0 Å². The van der Waals surface area contributed by atoms with E-state index in [1.807, 2.05) is 0 Å². The van der Waals surface area contributed by atoms with E-state index in [0.29, 0.717) is 0 Å². The fraction of sp³-hybridized carbons (Fsp3) is 0.294. The van der Waals surface area contributed by atoms with Crippen molar-refractivity contribution < 1.29 is 0 Å². The summed E-state index contributed by atoms with van der Waals surface area (Å²) >= 11 is 0. The van der Waals surface area contributed by atoms with Crippen molar-refractivity contribution in [2.24, 2.45) is 0 Å². The maximum atomic E-state index is 3.36. The maximum absolute atomic E-state index is 3.36. The van der Waals surface area contributed by atoms with Gasteiger partial charge in [0.2, 0.25) is 0 Å². The van der Waals surface area contributed by atoms with Gasteiger partial charge in [-0.3, -0.25) is 0 Å². The minimum absolute atomic E-state index is 0.942. The van der Waals surface area contributed by atoms with Crippen molar-refractivity contribution in [1.29, 1.82) is 0 Å². The molecule has 0 saturated carbocycles. The van der Waals surface area contributed by atoms with Crippen LogP contribution >= 0.6 is 0 Å². The molecule has 0 aromatic heterocycles. The molecule has 2 aromatic rings. The lowest BCUT2D eigenvalue weighted by molar-refractivity contribution is 0.727. The molecule has 0 amide bonds. The van der Waals surface area contributed by atoms with Crippen LogP contribution in [0.25, 0.3) is 11.1 Å². The van der Waals surface area contributed by atoms with Crippen LogP contribution in [0, 0.1) is 0 Å². The number of rotatable bonds is 5. The number of hydrogen-bond acceptors (Lipinski definition) is 1. The maximum Gasteiger partial charge on any atom is 0.0205 e. The van der Waals surface area contributed by atoms with Crippen LogP contribution in [0.1, 0.15) is 25.0 Å². The molecule has 0 radical (unpaired) electrons. The third-order valence-electron chi connectivity index (χ3n) is 3.20. The summed E-state index contributed by atoms with van der Waals surface area (Å²) in [5, 5.41) is 3.36. The van der Waals surface area contributed by atoms with Crippen LogP contribution in [-0.2, 0) is 13.0 Å². The Morgan fingerprint density at radius 2 is 1.61 bits per heavy atom. The van der Waals surface area contributed by atoms with E-state index < -0.39 is 0 Å². The van der Waals surface area contributed by atoms with Crippen molar-refractivity contribution in [2.75, 3.05) is 6.54 Å². The summed E-state index contributed by atoms with van der Waals surface area (Å²) in [5.41, 5.74) is 5.33. The third kappa shape index (κ3) is 3.21. The van der Waals surface area contributed by atoms with Gasteiger partial charge in [-0.1, -0.05) is 56.3 Å². The molecule has 1 nitrogen and oxygen atoms in total. The average molecular weight is 239 g/mol. The van der Waals surface area contributed by atoms with E-state index in [1.165, 1.54) is 22.3 Å². The molecule has 2 aromatic carbocycles. The second-order valence-electron chi connectivity index (χ2n) is 4.53. The lowest BCUT2D eigenvalue weighted by Gasteiger charge is -2.07. The Morgan fingerprint density at radius 3 is 2.28 bits per heavy atom. The normalized spacial score (nSPS) is 10.6. The largest absolute Gasteiger partial charge is 0.313 e. The van der Waals surface area contributed by atoms with Crippen LogP contribution in [0.3, 0.4) is 0 Å². The van der Waals surface area contributed by atoms with Crippen molar-refractivity contribution >= 4 is 0 Å². The average Bonchev–Trinajstić information content (AvgIpc) is 2.45. The lowest BCUT2D eigenvalue weighted by atomic mass is 10.0. The van der Waals surface area contributed by atoms with Crippen molar-refractivity contribution in [3.05, 3.63) is 59.7 Å². The summed E-state index contributed by atoms with van der Waals surface area (Å²) in [6.45, 7) is 6.27. The molecule has 0 aliphatic rings. The van der Waals surface area contributed by atoms with Crippen LogP contribution in [-0.4, -0.2) is 6.54 Å². The standard InChI is InChI=1S/C17H21N/c1-3-14-8-10-16(11-9-14)17-7-5-6-15(12-17)13-18-4-2/h5-12,18H,3-4,13H2,1-2H3. The van der Waals surface area contributed by atoms with E-state index in [-0.39, 0.29) is 0 Å². The van der Waals surface area contributed by atoms with E-state index in [4.69, 9.17) is 0 Å². The highest BCUT2D eigenvalue weighted by atomic mass is 14.8. The summed E-state index contributed by atoms with van der Waals surface area (Å²) in [6, 6.07) is 17.6. The molecule has 0 fully saturated rings. The second-order valence-corrected chi connectivity index (χ2v) is 4.53. The molecule has 0 spiro atoms. The van der Waals surface area contributed by atoms with E-state index in [0.717, 1.165) is 19.5 Å². The number of nitrogens with one attached hydrogen (secondary N) is 1. The number of benzene rings is 2. The molecular weight excluding hydrogens is 218 g/mol. The monoisotopic (exact) mass is 239 g/mol. The first-order valence-corrected chi connectivity index (χ1v) is 6.72. The van der Waals surface area contributed by atoms with E-state index in [9.17, 15) is 0 Å². The Balaban J connectivity index is 2.20. The van der Waals surface area contributed by atoms with E-state index in [1.54, 1.807) is 0 Å². The predicted molar refractivity (Wildman–Crippen MR) is 78.6 cm³/mol. The molecule has 0 aliphatic carbocycles. The molecule has 1 N–H and O–H groups in total. The quantitative estimate of drug-likeness (QED) is 0.830. The molecular formula is C17H21N. The Hall–Kier alpha value is -1.60. The third-order valence-corrected chi connectivity index (χ3v) is 3.20. The first kappa shape index (κ1) is 12.8. The number of aryl methyl sites for hydroxylation is 1. The molecule has 0 unspecified atom stereocenters. The Morgan fingerprint density at radius 1 is 0.833 bits per heavy atom. The minimum atomic E-state index is 0.942. The zero-order valence-corrected chi connectivity index (χ0v) is 11.2. The van der Waals surface area contributed by atoms with E-state index >= 15 is 0 Å². The van der Waals surface area contributed by atoms with Crippen LogP contribution < -0.4 is 5.32 Å². The lowest BCUT2D eigenvalue weighted by Crippen LogP contribution is -2.11. The Labute approximate surface area is 110 Å². The van der Waals surface area contributed by atoms with Crippen molar-refractivity contribution in [1.82, 2.24) is 5.32 Å². The predicted octanol–water partition coefficient (Wildman–Crippen LogP) is 4.03. The van der Waals surface area contributed by atoms with E-state index in [2.05, 4.69) is 67.7 Å². The summed E-state index contributed by atoms with van der Waals surface area (Å²) < 4.78 is 0. The highest BCUT2D eigenvalue weighted by Gasteiger charge is 1.99. The highest BCUT2D eigenvalue weighted by molar-refractivity contribution is 5.64.